The Bertz CT molecular complexity index is 647. The fourth-order valence-electron chi connectivity index (χ4n) is 2.27. The summed E-state index contributed by atoms with van der Waals surface area (Å²) in [5, 5.41) is 3.26. The van der Waals surface area contributed by atoms with Gasteiger partial charge in [-0.2, -0.15) is 4.98 Å². The highest BCUT2D eigenvalue weighted by molar-refractivity contribution is 5.38. The fraction of sp³-hybridized carbons (Fsp3) is 0.333. The molecule has 0 atom stereocenters. The molecule has 0 amide bonds. The minimum Gasteiger partial charge on any atom is -0.458 e. The van der Waals surface area contributed by atoms with Gasteiger partial charge in [-0.3, -0.25) is 0 Å². The minimum absolute atomic E-state index is 0.116. The van der Waals surface area contributed by atoms with Crippen molar-refractivity contribution in [2.45, 2.75) is 6.61 Å². The predicted octanol–water partition coefficient (Wildman–Crippen LogP) is 1.74. The third kappa shape index (κ3) is 3.30. The van der Waals surface area contributed by atoms with Crippen LogP contribution in [0.5, 0.6) is 6.01 Å². The van der Waals surface area contributed by atoms with E-state index in [9.17, 15) is 8.78 Å². The molecule has 0 aliphatic carbocycles. The fourth-order valence-corrected chi connectivity index (χ4v) is 2.27. The molecule has 0 unspecified atom stereocenters. The Labute approximate surface area is 127 Å². The van der Waals surface area contributed by atoms with Crippen LogP contribution < -0.4 is 15.0 Å². The zero-order valence-corrected chi connectivity index (χ0v) is 11.9. The maximum atomic E-state index is 13.6. The number of rotatable bonds is 4. The number of anilines is 1. The van der Waals surface area contributed by atoms with E-state index in [1.165, 1.54) is 12.1 Å². The molecule has 0 bridgehead atoms. The lowest BCUT2D eigenvalue weighted by molar-refractivity contribution is 0.273. The summed E-state index contributed by atoms with van der Waals surface area (Å²) in [4.78, 5) is 10.4. The molecule has 1 aromatic carbocycles. The SMILES string of the molecule is Fc1cccc(COc2nccc(N3CCNCC3)n2)c1F. The summed E-state index contributed by atoms with van der Waals surface area (Å²) >= 11 is 0. The van der Waals surface area contributed by atoms with Crippen molar-refractivity contribution in [3.8, 4) is 6.01 Å². The third-order valence-corrected chi connectivity index (χ3v) is 3.45. The van der Waals surface area contributed by atoms with Crippen LogP contribution in [0.2, 0.25) is 0 Å². The molecule has 0 radical (unpaired) electrons. The van der Waals surface area contributed by atoms with Gasteiger partial charge in [0.15, 0.2) is 11.6 Å². The first-order valence-corrected chi connectivity index (χ1v) is 7.08. The van der Waals surface area contributed by atoms with Gasteiger partial charge in [-0.25, -0.2) is 13.8 Å². The van der Waals surface area contributed by atoms with Gasteiger partial charge in [0.2, 0.25) is 0 Å². The second-order valence-corrected chi connectivity index (χ2v) is 4.94. The number of piperazine rings is 1. The number of aromatic nitrogens is 2. The van der Waals surface area contributed by atoms with Gasteiger partial charge in [-0.1, -0.05) is 12.1 Å². The summed E-state index contributed by atoms with van der Waals surface area (Å²) in [5.74, 6) is -1.02. The molecular formula is C15H16F2N4O. The number of hydrogen-bond donors (Lipinski definition) is 1. The van der Waals surface area contributed by atoms with E-state index >= 15 is 0 Å². The summed E-state index contributed by atoms with van der Waals surface area (Å²) in [5.41, 5.74) is 0.135. The predicted molar refractivity (Wildman–Crippen MR) is 77.8 cm³/mol. The molecule has 0 spiro atoms. The van der Waals surface area contributed by atoms with Gasteiger partial charge in [-0.15, -0.1) is 0 Å². The van der Waals surface area contributed by atoms with E-state index in [1.54, 1.807) is 12.3 Å². The van der Waals surface area contributed by atoms with E-state index < -0.39 is 11.6 Å². The molecule has 5 nitrogen and oxygen atoms in total. The maximum Gasteiger partial charge on any atom is 0.318 e. The number of benzene rings is 1. The lowest BCUT2D eigenvalue weighted by atomic mass is 10.2. The van der Waals surface area contributed by atoms with E-state index in [0.717, 1.165) is 38.1 Å². The molecule has 3 rings (SSSR count). The van der Waals surface area contributed by atoms with Gasteiger partial charge in [0.1, 0.15) is 12.4 Å². The van der Waals surface area contributed by atoms with E-state index in [0.29, 0.717) is 0 Å². The Balaban J connectivity index is 1.69. The summed E-state index contributed by atoms with van der Waals surface area (Å²) in [6.07, 6.45) is 1.60. The molecule has 116 valence electrons. The number of nitrogens with zero attached hydrogens (tertiary/aromatic N) is 3. The zero-order chi connectivity index (χ0) is 15.4. The Morgan fingerprint density at radius 2 is 2.00 bits per heavy atom. The lowest BCUT2D eigenvalue weighted by Gasteiger charge is -2.28. The van der Waals surface area contributed by atoms with Crippen LogP contribution in [-0.4, -0.2) is 36.1 Å². The summed E-state index contributed by atoms with van der Waals surface area (Å²) in [6.45, 7) is 3.39. The van der Waals surface area contributed by atoms with Crippen LogP contribution in [0.1, 0.15) is 5.56 Å². The number of ether oxygens (including phenoxy) is 1. The quantitative estimate of drug-likeness (QED) is 0.932. The van der Waals surface area contributed by atoms with E-state index in [4.69, 9.17) is 4.74 Å². The molecule has 1 aromatic heterocycles. The largest absolute Gasteiger partial charge is 0.458 e. The van der Waals surface area contributed by atoms with Crippen molar-refractivity contribution in [2.75, 3.05) is 31.1 Å². The highest BCUT2D eigenvalue weighted by Gasteiger charge is 2.13. The van der Waals surface area contributed by atoms with Crippen molar-refractivity contribution in [3.63, 3.8) is 0 Å². The normalized spacial score (nSPS) is 14.9. The third-order valence-electron chi connectivity index (χ3n) is 3.45. The first kappa shape index (κ1) is 14.6. The van der Waals surface area contributed by atoms with Gasteiger partial charge in [0.05, 0.1) is 0 Å². The molecule has 1 saturated heterocycles. The van der Waals surface area contributed by atoms with Gasteiger partial charge < -0.3 is 15.0 Å². The first-order chi connectivity index (χ1) is 10.7. The van der Waals surface area contributed by atoms with E-state index in [2.05, 4.69) is 20.2 Å². The average Bonchev–Trinajstić information content (AvgIpc) is 2.57. The molecule has 2 heterocycles. The zero-order valence-electron chi connectivity index (χ0n) is 11.9. The molecule has 0 saturated carbocycles. The second kappa shape index (κ2) is 6.65. The number of nitrogens with one attached hydrogen (secondary N) is 1. The molecular weight excluding hydrogens is 290 g/mol. The molecule has 22 heavy (non-hydrogen) atoms. The number of hydrogen-bond acceptors (Lipinski definition) is 5. The molecule has 2 aromatic rings. The Morgan fingerprint density at radius 1 is 1.18 bits per heavy atom. The summed E-state index contributed by atoms with van der Waals surface area (Å²) in [6, 6.07) is 5.94. The number of halogens is 2. The van der Waals surface area contributed by atoms with E-state index in [1.807, 2.05) is 0 Å². The molecule has 1 aliphatic heterocycles. The molecule has 1 aliphatic rings. The van der Waals surface area contributed by atoms with Crippen LogP contribution in [0.4, 0.5) is 14.6 Å². The standard InChI is InChI=1S/C15H16F2N4O/c16-12-3-1-2-11(14(12)17)10-22-15-19-5-4-13(20-15)21-8-6-18-7-9-21/h1-5,18H,6-10H2. The summed E-state index contributed by atoms with van der Waals surface area (Å²) < 4.78 is 32.1. The van der Waals surface area contributed by atoms with Gasteiger partial charge >= 0.3 is 6.01 Å². The second-order valence-electron chi connectivity index (χ2n) is 4.94. The Morgan fingerprint density at radius 3 is 2.82 bits per heavy atom. The topological polar surface area (TPSA) is 50.3 Å². The van der Waals surface area contributed by atoms with Crippen LogP contribution in [0.25, 0.3) is 0 Å². The van der Waals surface area contributed by atoms with E-state index in [-0.39, 0.29) is 18.2 Å². The molecule has 1 N–H and O–H groups in total. The maximum absolute atomic E-state index is 13.6. The summed E-state index contributed by atoms with van der Waals surface area (Å²) in [7, 11) is 0. The Hall–Kier alpha value is -2.28. The van der Waals surface area contributed by atoms with Gasteiger partial charge in [0.25, 0.3) is 0 Å². The monoisotopic (exact) mass is 306 g/mol. The lowest BCUT2D eigenvalue weighted by Crippen LogP contribution is -2.43. The van der Waals surface area contributed by atoms with Gasteiger partial charge in [0, 0.05) is 37.9 Å². The van der Waals surface area contributed by atoms with Crippen molar-refractivity contribution >= 4 is 5.82 Å². The smallest absolute Gasteiger partial charge is 0.318 e. The first-order valence-electron chi connectivity index (χ1n) is 7.08. The van der Waals surface area contributed by atoms with Gasteiger partial charge in [-0.05, 0) is 12.1 Å². The highest BCUT2D eigenvalue weighted by atomic mass is 19.2. The van der Waals surface area contributed by atoms with Crippen LogP contribution >= 0.6 is 0 Å². The van der Waals surface area contributed by atoms with Crippen LogP contribution in [0.15, 0.2) is 30.5 Å². The van der Waals surface area contributed by atoms with Crippen molar-refractivity contribution in [1.82, 2.24) is 15.3 Å². The molecule has 1 fully saturated rings. The van der Waals surface area contributed by atoms with Crippen molar-refractivity contribution in [1.29, 1.82) is 0 Å². The minimum atomic E-state index is -0.902. The van der Waals surface area contributed by atoms with Crippen LogP contribution in [0, 0.1) is 11.6 Å². The van der Waals surface area contributed by atoms with Crippen LogP contribution in [0.3, 0.4) is 0 Å². The average molecular weight is 306 g/mol. The van der Waals surface area contributed by atoms with Crippen molar-refractivity contribution < 1.29 is 13.5 Å². The van der Waals surface area contributed by atoms with Crippen molar-refractivity contribution in [2.24, 2.45) is 0 Å². The molecule has 7 heteroatoms. The Kier molecular flexibility index (Phi) is 4.43. The van der Waals surface area contributed by atoms with Crippen LogP contribution in [-0.2, 0) is 6.61 Å². The van der Waals surface area contributed by atoms with Crippen molar-refractivity contribution in [3.05, 3.63) is 47.7 Å². The highest BCUT2D eigenvalue weighted by Crippen LogP contribution is 2.16.